The molecule has 1 unspecified atom stereocenters. The van der Waals surface area contributed by atoms with Crippen LogP contribution in [0.25, 0.3) is 0 Å². The van der Waals surface area contributed by atoms with Gasteiger partial charge in [0.15, 0.2) is 5.78 Å². The molecule has 3 rings (SSSR count). The first-order valence-electron chi connectivity index (χ1n) is 10.2. The van der Waals surface area contributed by atoms with Crippen LogP contribution in [-0.2, 0) is 14.3 Å². The molecular formula is C23H30N2O3. The van der Waals surface area contributed by atoms with Crippen molar-refractivity contribution < 1.29 is 14.3 Å². The van der Waals surface area contributed by atoms with Crippen LogP contribution >= 0.6 is 0 Å². The molecule has 0 amide bonds. The molecule has 1 aromatic heterocycles. The molecule has 2 heterocycles. The number of esters is 1. The smallest absolute Gasteiger partial charge is 0.315 e. The topological polar surface area (TPSA) is 68.6 Å². The number of hydrogen-bond acceptors (Lipinski definition) is 5. The number of aliphatic imine (C=N–C) groups is 1. The first kappa shape index (κ1) is 20.4. The lowest BCUT2D eigenvalue weighted by molar-refractivity contribution is -0.146. The van der Waals surface area contributed by atoms with E-state index in [-0.39, 0.29) is 23.1 Å². The third kappa shape index (κ3) is 4.23. The van der Waals surface area contributed by atoms with E-state index in [1.807, 2.05) is 19.1 Å². The van der Waals surface area contributed by atoms with Crippen LogP contribution in [0.2, 0.25) is 0 Å². The Morgan fingerprint density at radius 2 is 2.07 bits per heavy atom. The highest BCUT2D eigenvalue weighted by atomic mass is 16.5. The Hall–Kier alpha value is -2.30. The summed E-state index contributed by atoms with van der Waals surface area (Å²) >= 11 is 0. The van der Waals surface area contributed by atoms with Crippen LogP contribution in [0.1, 0.15) is 71.3 Å². The minimum Gasteiger partial charge on any atom is -0.465 e. The zero-order valence-electron chi connectivity index (χ0n) is 17.3. The van der Waals surface area contributed by atoms with Crippen LogP contribution in [0.15, 0.2) is 40.8 Å². The molecule has 1 aliphatic carbocycles. The molecular weight excluding hydrogens is 352 g/mol. The Bertz CT molecular complexity index is 808. The highest BCUT2D eigenvalue weighted by molar-refractivity contribution is 6.09. The van der Waals surface area contributed by atoms with Crippen LogP contribution in [0.5, 0.6) is 0 Å². The van der Waals surface area contributed by atoms with Crippen molar-refractivity contribution in [2.45, 2.75) is 65.7 Å². The van der Waals surface area contributed by atoms with Gasteiger partial charge in [-0.25, -0.2) is 0 Å². The number of carbonyl (C=O) groups is 2. The van der Waals surface area contributed by atoms with Gasteiger partial charge >= 0.3 is 5.97 Å². The van der Waals surface area contributed by atoms with Crippen molar-refractivity contribution in [2.24, 2.45) is 16.3 Å². The maximum absolute atomic E-state index is 13.1. The summed E-state index contributed by atoms with van der Waals surface area (Å²) in [7, 11) is 0. The molecule has 5 heteroatoms. The molecule has 5 nitrogen and oxygen atoms in total. The lowest BCUT2D eigenvalue weighted by atomic mass is 9.67. The molecule has 2 aliphatic rings. The summed E-state index contributed by atoms with van der Waals surface area (Å²) in [5.41, 5.74) is 2.97. The predicted octanol–water partition coefficient (Wildman–Crippen LogP) is 4.63. The number of unbranched alkanes of at least 4 members (excludes halogenated alkanes) is 2. The second-order valence-corrected chi connectivity index (χ2v) is 8.67. The van der Waals surface area contributed by atoms with Crippen LogP contribution < -0.4 is 0 Å². The van der Waals surface area contributed by atoms with E-state index in [0.29, 0.717) is 18.6 Å². The van der Waals surface area contributed by atoms with Gasteiger partial charge in [-0.2, -0.15) is 0 Å². The molecule has 0 saturated heterocycles. The average Bonchev–Trinajstić information content (AvgIpc) is 2.63. The van der Waals surface area contributed by atoms with Crippen molar-refractivity contribution in [3.8, 4) is 0 Å². The SMILES string of the molecule is CCCCCOC(=O)C1C(C)=NC2=C(C(=O)CC(C)(C)C2)[C@H]1c1cccnc1. The summed E-state index contributed by atoms with van der Waals surface area (Å²) in [6.07, 6.45) is 7.60. The Labute approximate surface area is 167 Å². The number of rotatable bonds is 6. The summed E-state index contributed by atoms with van der Waals surface area (Å²) < 4.78 is 5.59. The molecule has 1 aromatic rings. The molecule has 0 bridgehead atoms. The Morgan fingerprint density at radius 1 is 1.29 bits per heavy atom. The lowest BCUT2D eigenvalue weighted by Crippen LogP contribution is -2.39. The standard InChI is InChI=1S/C23H30N2O3/c1-5-6-7-11-28-22(27)19-15(2)25-17-12-23(3,4)13-18(26)21(17)20(19)16-9-8-10-24-14-16/h8-10,14,19-20H,5-7,11-13H2,1-4H3/t19?,20-/m0/s1. The number of carbonyl (C=O) groups excluding carboxylic acids is 2. The third-order valence-corrected chi connectivity index (χ3v) is 5.59. The number of ketones is 1. The zero-order chi connectivity index (χ0) is 20.3. The molecule has 1 aliphatic heterocycles. The zero-order valence-corrected chi connectivity index (χ0v) is 17.3. The molecule has 0 spiro atoms. The van der Waals surface area contributed by atoms with Crippen LogP contribution in [0.4, 0.5) is 0 Å². The number of ether oxygens (including phenoxy) is 1. The predicted molar refractivity (Wildman–Crippen MR) is 109 cm³/mol. The van der Waals surface area contributed by atoms with E-state index in [1.54, 1.807) is 12.4 Å². The quantitative estimate of drug-likeness (QED) is 0.531. The summed E-state index contributed by atoms with van der Waals surface area (Å²) in [6.45, 7) is 8.57. The highest BCUT2D eigenvalue weighted by Crippen LogP contribution is 2.47. The van der Waals surface area contributed by atoms with Crippen molar-refractivity contribution in [3.63, 3.8) is 0 Å². The highest BCUT2D eigenvalue weighted by Gasteiger charge is 2.46. The van der Waals surface area contributed by atoms with Crippen LogP contribution in [-0.4, -0.2) is 29.1 Å². The van der Waals surface area contributed by atoms with Gasteiger partial charge in [0.05, 0.1) is 6.61 Å². The minimum atomic E-state index is -0.574. The van der Waals surface area contributed by atoms with Gasteiger partial charge in [-0.05, 0) is 36.8 Å². The fraction of sp³-hybridized carbons (Fsp3) is 0.565. The second kappa shape index (κ2) is 8.38. The molecule has 150 valence electrons. The minimum absolute atomic E-state index is 0.0835. The molecule has 0 saturated carbocycles. The number of nitrogens with zero attached hydrogens (tertiary/aromatic N) is 2. The van der Waals surface area contributed by atoms with E-state index in [9.17, 15) is 9.59 Å². The number of allylic oxidation sites excluding steroid dienone is 2. The fourth-order valence-corrected chi connectivity index (χ4v) is 4.29. The molecule has 0 radical (unpaired) electrons. The van der Waals surface area contributed by atoms with Crippen molar-refractivity contribution in [2.75, 3.05) is 6.61 Å². The molecule has 0 aromatic carbocycles. The van der Waals surface area contributed by atoms with Gasteiger partial charge in [-0.1, -0.05) is 39.7 Å². The first-order valence-corrected chi connectivity index (χ1v) is 10.2. The Morgan fingerprint density at radius 3 is 2.75 bits per heavy atom. The number of Topliss-reactive ketones (excluding diaryl/α,β-unsaturated/α-hetero) is 1. The van der Waals surface area contributed by atoms with Gasteiger partial charge in [-0.3, -0.25) is 19.6 Å². The Balaban J connectivity index is 1.99. The van der Waals surface area contributed by atoms with Gasteiger partial charge in [-0.15, -0.1) is 0 Å². The van der Waals surface area contributed by atoms with E-state index < -0.39 is 5.92 Å². The van der Waals surface area contributed by atoms with Gasteiger partial charge in [0, 0.05) is 41.7 Å². The third-order valence-electron chi connectivity index (χ3n) is 5.59. The number of pyridine rings is 1. The largest absolute Gasteiger partial charge is 0.465 e. The molecule has 28 heavy (non-hydrogen) atoms. The summed E-state index contributed by atoms with van der Waals surface area (Å²) in [4.78, 5) is 35.1. The van der Waals surface area contributed by atoms with Gasteiger partial charge in [0.2, 0.25) is 0 Å². The van der Waals surface area contributed by atoms with E-state index >= 15 is 0 Å². The Kier molecular flexibility index (Phi) is 6.11. The maximum Gasteiger partial charge on any atom is 0.315 e. The summed E-state index contributed by atoms with van der Waals surface area (Å²) in [6, 6.07) is 3.78. The van der Waals surface area contributed by atoms with Crippen LogP contribution in [0, 0.1) is 11.3 Å². The number of hydrogen-bond donors (Lipinski definition) is 0. The fourth-order valence-electron chi connectivity index (χ4n) is 4.29. The van der Waals surface area contributed by atoms with Gasteiger partial charge < -0.3 is 4.74 Å². The van der Waals surface area contributed by atoms with Crippen molar-refractivity contribution in [3.05, 3.63) is 41.4 Å². The average molecular weight is 383 g/mol. The maximum atomic E-state index is 13.1. The monoisotopic (exact) mass is 382 g/mol. The van der Waals surface area contributed by atoms with Gasteiger partial charge in [0.1, 0.15) is 5.92 Å². The normalized spacial score (nSPS) is 23.9. The molecule has 2 atom stereocenters. The van der Waals surface area contributed by atoms with Crippen molar-refractivity contribution in [1.29, 1.82) is 0 Å². The summed E-state index contributed by atoms with van der Waals surface area (Å²) in [5.74, 6) is -1.16. The number of aromatic nitrogens is 1. The van der Waals surface area contributed by atoms with E-state index in [1.165, 1.54) is 0 Å². The van der Waals surface area contributed by atoms with E-state index in [2.05, 4.69) is 25.8 Å². The lowest BCUT2D eigenvalue weighted by Gasteiger charge is -2.38. The molecule has 0 N–H and O–H groups in total. The van der Waals surface area contributed by atoms with Gasteiger partial charge in [0.25, 0.3) is 0 Å². The van der Waals surface area contributed by atoms with E-state index in [4.69, 9.17) is 9.73 Å². The van der Waals surface area contributed by atoms with Crippen LogP contribution in [0.3, 0.4) is 0 Å². The molecule has 0 fully saturated rings. The summed E-state index contributed by atoms with van der Waals surface area (Å²) in [5, 5.41) is 0. The first-order chi connectivity index (χ1) is 13.3. The van der Waals surface area contributed by atoms with E-state index in [0.717, 1.165) is 42.7 Å². The van der Waals surface area contributed by atoms with Crippen molar-refractivity contribution >= 4 is 17.5 Å². The second-order valence-electron chi connectivity index (χ2n) is 8.67. The van der Waals surface area contributed by atoms with Crippen molar-refractivity contribution in [1.82, 2.24) is 4.98 Å².